The monoisotopic (exact) mass is 293 g/mol. The number of thioether (sulfide) groups is 1. The second-order valence-electron chi connectivity index (χ2n) is 5.48. The Morgan fingerprint density at radius 1 is 1.25 bits per heavy atom. The minimum atomic E-state index is -0.0609. The van der Waals surface area contributed by atoms with Crippen LogP contribution in [0.4, 0.5) is 0 Å². The Balaban J connectivity index is 2.07. The zero-order valence-corrected chi connectivity index (χ0v) is 13.4. The van der Waals surface area contributed by atoms with Gasteiger partial charge in [0.1, 0.15) is 5.75 Å². The Hall–Kier alpha value is -1.00. The van der Waals surface area contributed by atoms with E-state index in [9.17, 15) is 4.79 Å². The van der Waals surface area contributed by atoms with Gasteiger partial charge in [0.05, 0.1) is 13.2 Å². The van der Waals surface area contributed by atoms with Crippen molar-refractivity contribution in [1.82, 2.24) is 4.90 Å². The molecule has 1 aromatic rings. The number of ketones is 1. The molecule has 1 aromatic carbocycles. The smallest absolute Gasteiger partial charge is 0.179 e. The molecule has 1 fully saturated rings. The van der Waals surface area contributed by atoms with Crippen molar-refractivity contribution in [3.8, 4) is 5.75 Å². The number of ether oxygens (including phenoxy) is 1. The van der Waals surface area contributed by atoms with Crippen molar-refractivity contribution >= 4 is 17.5 Å². The molecule has 4 heteroatoms. The van der Waals surface area contributed by atoms with Gasteiger partial charge in [-0.15, -0.1) is 0 Å². The van der Waals surface area contributed by atoms with Crippen LogP contribution in [-0.4, -0.2) is 47.4 Å². The molecule has 0 spiro atoms. The van der Waals surface area contributed by atoms with Gasteiger partial charge in [-0.25, -0.2) is 0 Å². The lowest BCUT2D eigenvalue weighted by atomic mass is 10.0. The Morgan fingerprint density at radius 2 is 1.80 bits per heavy atom. The normalized spacial score (nSPS) is 25.2. The molecule has 0 amide bonds. The SMILES string of the molecule is COc1ccc(C(=O)C(C)N2CC(C)SC(C)C2)cc1. The van der Waals surface area contributed by atoms with Gasteiger partial charge in [-0.2, -0.15) is 11.8 Å². The van der Waals surface area contributed by atoms with Crippen LogP contribution in [0, 0.1) is 0 Å². The van der Waals surface area contributed by atoms with Crippen LogP contribution in [0.15, 0.2) is 24.3 Å². The van der Waals surface area contributed by atoms with E-state index in [1.165, 1.54) is 0 Å². The van der Waals surface area contributed by atoms with Gasteiger partial charge in [-0.3, -0.25) is 9.69 Å². The molecule has 1 heterocycles. The first-order chi connectivity index (χ1) is 9.51. The molecule has 3 atom stereocenters. The second kappa shape index (κ2) is 6.64. The van der Waals surface area contributed by atoms with Crippen molar-refractivity contribution in [1.29, 1.82) is 0 Å². The lowest BCUT2D eigenvalue weighted by molar-refractivity contribution is 0.0836. The molecule has 0 bridgehead atoms. The van der Waals surface area contributed by atoms with Crippen LogP contribution in [0.1, 0.15) is 31.1 Å². The average molecular weight is 293 g/mol. The number of nitrogens with zero attached hydrogens (tertiary/aromatic N) is 1. The van der Waals surface area contributed by atoms with Gasteiger partial charge in [-0.05, 0) is 31.2 Å². The summed E-state index contributed by atoms with van der Waals surface area (Å²) in [7, 11) is 1.63. The number of hydrogen-bond donors (Lipinski definition) is 0. The first kappa shape index (κ1) is 15.4. The topological polar surface area (TPSA) is 29.5 Å². The largest absolute Gasteiger partial charge is 0.497 e. The number of carbonyl (C=O) groups is 1. The predicted octanol–water partition coefficient (Wildman–Crippen LogP) is 3.09. The van der Waals surface area contributed by atoms with Crippen LogP contribution >= 0.6 is 11.8 Å². The molecule has 110 valence electrons. The molecular weight excluding hydrogens is 270 g/mol. The lowest BCUT2D eigenvalue weighted by Crippen LogP contribution is -2.48. The van der Waals surface area contributed by atoms with E-state index in [0.717, 1.165) is 24.4 Å². The van der Waals surface area contributed by atoms with E-state index < -0.39 is 0 Å². The van der Waals surface area contributed by atoms with E-state index in [0.29, 0.717) is 10.5 Å². The molecule has 3 unspecified atom stereocenters. The summed E-state index contributed by atoms with van der Waals surface area (Å²) in [6.45, 7) is 8.45. The molecular formula is C16H23NO2S. The Kier molecular flexibility index (Phi) is 5.11. The van der Waals surface area contributed by atoms with Gasteiger partial charge in [0.25, 0.3) is 0 Å². The molecule has 1 aliphatic rings. The molecule has 20 heavy (non-hydrogen) atoms. The highest BCUT2D eigenvalue weighted by atomic mass is 32.2. The van der Waals surface area contributed by atoms with Gasteiger partial charge < -0.3 is 4.74 Å². The van der Waals surface area contributed by atoms with E-state index in [-0.39, 0.29) is 11.8 Å². The number of benzene rings is 1. The molecule has 3 nitrogen and oxygen atoms in total. The summed E-state index contributed by atoms with van der Waals surface area (Å²) < 4.78 is 5.13. The van der Waals surface area contributed by atoms with E-state index in [1.807, 2.05) is 43.0 Å². The van der Waals surface area contributed by atoms with Crippen molar-refractivity contribution in [2.24, 2.45) is 0 Å². The van der Waals surface area contributed by atoms with Crippen molar-refractivity contribution in [3.63, 3.8) is 0 Å². The zero-order chi connectivity index (χ0) is 14.7. The number of Topliss-reactive ketones (excluding diaryl/α,β-unsaturated/α-hetero) is 1. The Bertz CT molecular complexity index is 450. The van der Waals surface area contributed by atoms with E-state index >= 15 is 0 Å². The summed E-state index contributed by atoms with van der Waals surface area (Å²) in [6.07, 6.45) is 0. The van der Waals surface area contributed by atoms with Crippen LogP contribution < -0.4 is 4.74 Å². The van der Waals surface area contributed by atoms with Crippen LogP contribution in [0.2, 0.25) is 0 Å². The maximum atomic E-state index is 12.6. The second-order valence-corrected chi connectivity index (χ2v) is 7.36. The van der Waals surface area contributed by atoms with Crippen LogP contribution in [0.25, 0.3) is 0 Å². The standard InChI is InChI=1S/C16H23NO2S/c1-11-9-17(10-12(2)20-11)13(3)16(18)14-5-7-15(19-4)8-6-14/h5-8,11-13H,9-10H2,1-4H3. The molecule has 0 saturated carbocycles. The third kappa shape index (κ3) is 3.55. The summed E-state index contributed by atoms with van der Waals surface area (Å²) in [5.41, 5.74) is 0.761. The molecule has 1 aliphatic heterocycles. The fourth-order valence-corrected chi connectivity index (χ4v) is 4.04. The molecule has 0 aliphatic carbocycles. The van der Waals surface area contributed by atoms with Crippen LogP contribution in [0.5, 0.6) is 5.75 Å². The highest BCUT2D eigenvalue weighted by molar-refractivity contribution is 8.00. The average Bonchev–Trinajstić information content (AvgIpc) is 2.45. The molecule has 1 saturated heterocycles. The first-order valence-corrected chi connectivity index (χ1v) is 8.03. The van der Waals surface area contributed by atoms with E-state index in [1.54, 1.807) is 7.11 Å². The van der Waals surface area contributed by atoms with E-state index in [4.69, 9.17) is 4.74 Å². The van der Waals surface area contributed by atoms with Crippen molar-refractivity contribution < 1.29 is 9.53 Å². The van der Waals surface area contributed by atoms with Crippen molar-refractivity contribution in [2.45, 2.75) is 37.3 Å². The lowest BCUT2D eigenvalue weighted by Gasteiger charge is -2.37. The number of rotatable bonds is 4. The maximum Gasteiger partial charge on any atom is 0.179 e. The van der Waals surface area contributed by atoms with Crippen LogP contribution in [0.3, 0.4) is 0 Å². The first-order valence-electron chi connectivity index (χ1n) is 7.09. The molecule has 0 radical (unpaired) electrons. The summed E-state index contributed by atoms with van der Waals surface area (Å²) >= 11 is 2.01. The predicted molar refractivity (Wildman–Crippen MR) is 84.9 cm³/mol. The number of carbonyl (C=O) groups excluding carboxylic acids is 1. The van der Waals surface area contributed by atoms with E-state index in [2.05, 4.69) is 18.7 Å². The maximum absolute atomic E-state index is 12.6. The summed E-state index contributed by atoms with van der Waals surface area (Å²) in [5, 5.41) is 1.18. The fraction of sp³-hybridized carbons (Fsp3) is 0.562. The highest BCUT2D eigenvalue weighted by Crippen LogP contribution is 2.26. The van der Waals surface area contributed by atoms with Crippen molar-refractivity contribution in [3.05, 3.63) is 29.8 Å². The number of methoxy groups -OCH3 is 1. The summed E-state index contributed by atoms with van der Waals surface area (Å²) in [5.74, 6) is 0.977. The molecule has 0 aromatic heterocycles. The summed E-state index contributed by atoms with van der Waals surface area (Å²) in [6, 6.07) is 7.33. The molecule has 0 N–H and O–H groups in total. The van der Waals surface area contributed by atoms with Gasteiger partial charge in [0, 0.05) is 29.2 Å². The van der Waals surface area contributed by atoms with Gasteiger partial charge in [0.2, 0.25) is 0 Å². The number of hydrogen-bond acceptors (Lipinski definition) is 4. The third-order valence-electron chi connectivity index (χ3n) is 3.75. The van der Waals surface area contributed by atoms with Gasteiger partial charge in [0.15, 0.2) is 5.78 Å². The zero-order valence-electron chi connectivity index (χ0n) is 12.6. The van der Waals surface area contributed by atoms with Crippen molar-refractivity contribution in [2.75, 3.05) is 20.2 Å². The molecule has 2 rings (SSSR count). The fourth-order valence-electron chi connectivity index (χ4n) is 2.70. The third-order valence-corrected chi connectivity index (χ3v) is 4.98. The minimum Gasteiger partial charge on any atom is -0.497 e. The quantitative estimate of drug-likeness (QED) is 0.798. The Labute approximate surface area is 125 Å². The highest BCUT2D eigenvalue weighted by Gasteiger charge is 2.29. The van der Waals surface area contributed by atoms with Gasteiger partial charge in [-0.1, -0.05) is 13.8 Å². The van der Waals surface area contributed by atoms with Gasteiger partial charge >= 0.3 is 0 Å². The van der Waals surface area contributed by atoms with Crippen LogP contribution in [-0.2, 0) is 0 Å². The minimum absolute atomic E-state index is 0.0609. The Morgan fingerprint density at radius 3 is 2.30 bits per heavy atom. The summed E-state index contributed by atoms with van der Waals surface area (Å²) in [4.78, 5) is 14.9.